The zero-order valence-electron chi connectivity index (χ0n) is 11.9. The van der Waals surface area contributed by atoms with E-state index in [0.717, 1.165) is 5.75 Å². The number of likely N-dealkylation sites (tertiary alicyclic amines) is 1. The van der Waals surface area contributed by atoms with E-state index in [0.29, 0.717) is 32.4 Å². The van der Waals surface area contributed by atoms with Gasteiger partial charge in [-0.3, -0.25) is 14.5 Å². The average Bonchev–Trinajstić information content (AvgIpc) is 2.77. The fourth-order valence-corrected chi connectivity index (χ4v) is 3.02. The van der Waals surface area contributed by atoms with Crippen molar-refractivity contribution in [3.05, 3.63) is 42.5 Å². The Morgan fingerprint density at radius 2 is 1.62 bits per heavy atom. The molecule has 1 fully saturated rings. The van der Waals surface area contributed by atoms with Crippen LogP contribution < -0.4 is 4.74 Å². The van der Waals surface area contributed by atoms with E-state index in [1.54, 1.807) is 0 Å². The summed E-state index contributed by atoms with van der Waals surface area (Å²) in [7, 11) is 0. The van der Waals surface area contributed by atoms with E-state index in [2.05, 4.69) is 0 Å². The second-order valence-electron chi connectivity index (χ2n) is 5.50. The summed E-state index contributed by atoms with van der Waals surface area (Å²) in [6, 6.07) is 9.56. The first-order valence-electron chi connectivity index (χ1n) is 7.45. The predicted octanol–water partition coefficient (Wildman–Crippen LogP) is 2.41. The van der Waals surface area contributed by atoms with Crippen LogP contribution >= 0.6 is 0 Å². The van der Waals surface area contributed by atoms with Crippen LogP contribution in [0.4, 0.5) is 0 Å². The Kier molecular flexibility index (Phi) is 4.04. The average molecular weight is 285 g/mol. The number of carbonyl (C=O) groups is 2. The number of carbonyl (C=O) groups excluding carboxylic acids is 2. The first kappa shape index (κ1) is 13.9. The summed E-state index contributed by atoms with van der Waals surface area (Å²) in [6.45, 7) is 0.964. The smallest absolute Gasteiger partial charge is 0.233 e. The number of hydrogen-bond acceptors (Lipinski definition) is 3. The molecule has 0 bridgehead atoms. The molecule has 0 radical (unpaired) electrons. The number of nitrogens with zero attached hydrogens (tertiary/aromatic N) is 1. The van der Waals surface area contributed by atoms with Gasteiger partial charge < -0.3 is 4.74 Å². The minimum Gasteiger partial charge on any atom is -0.494 e. The maximum atomic E-state index is 12.2. The van der Waals surface area contributed by atoms with E-state index in [1.165, 1.54) is 4.90 Å². The normalized spacial score (nSPS) is 24.3. The molecule has 4 heteroatoms. The Morgan fingerprint density at radius 1 is 1.00 bits per heavy atom. The molecule has 1 aliphatic carbocycles. The van der Waals surface area contributed by atoms with Crippen molar-refractivity contribution in [3.63, 3.8) is 0 Å². The van der Waals surface area contributed by atoms with Crippen LogP contribution in [0.3, 0.4) is 0 Å². The highest BCUT2D eigenvalue weighted by molar-refractivity contribution is 6.05. The largest absolute Gasteiger partial charge is 0.494 e. The Labute approximate surface area is 124 Å². The third-order valence-corrected chi connectivity index (χ3v) is 4.14. The van der Waals surface area contributed by atoms with Crippen LogP contribution in [0, 0.1) is 11.8 Å². The number of benzene rings is 1. The summed E-state index contributed by atoms with van der Waals surface area (Å²) in [5.74, 6) is 0.549. The van der Waals surface area contributed by atoms with Crippen LogP contribution in [0.2, 0.25) is 0 Å². The van der Waals surface area contributed by atoms with Crippen LogP contribution in [0.25, 0.3) is 0 Å². The molecule has 110 valence electrons. The summed E-state index contributed by atoms with van der Waals surface area (Å²) < 4.78 is 5.59. The third-order valence-electron chi connectivity index (χ3n) is 4.14. The summed E-state index contributed by atoms with van der Waals surface area (Å²) >= 11 is 0. The quantitative estimate of drug-likeness (QED) is 0.474. The third kappa shape index (κ3) is 2.84. The molecule has 1 aromatic rings. The Morgan fingerprint density at radius 3 is 2.24 bits per heavy atom. The molecule has 0 N–H and O–H groups in total. The number of ether oxygens (including phenoxy) is 1. The molecule has 4 nitrogen and oxygen atoms in total. The van der Waals surface area contributed by atoms with Crippen LogP contribution in [-0.4, -0.2) is 29.9 Å². The Balaban J connectivity index is 1.49. The van der Waals surface area contributed by atoms with Crippen molar-refractivity contribution in [1.82, 2.24) is 4.90 Å². The Hall–Kier alpha value is -2.10. The number of imide groups is 1. The lowest BCUT2D eigenvalue weighted by atomic mass is 9.85. The molecule has 1 heterocycles. The SMILES string of the molecule is O=C1[C@@H]2CC=CC[C@H]2C(=O)N1CCCOc1ccccc1. The van der Waals surface area contributed by atoms with E-state index < -0.39 is 0 Å². The Bertz CT molecular complexity index is 526. The second-order valence-corrected chi connectivity index (χ2v) is 5.50. The number of allylic oxidation sites excluding steroid dienone is 2. The van der Waals surface area contributed by atoms with Crippen LogP contribution in [0.1, 0.15) is 19.3 Å². The molecule has 3 rings (SSSR count). The molecular formula is C17H19NO3. The lowest BCUT2D eigenvalue weighted by Crippen LogP contribution is -2.32. The minimum absolute atomic E-state index is 0.00550. The van der Waals surface area contributed by atoms with Gasteiger partial charge in [-0.1, -0.05) is 30.4 Å². The zero-order chi connectivity index (χ0) is 14.7. The molecule has 1 saturated heterocycles. The van der Waals surface area contributed by atoms with Gasteiger partial charge in [0, 0.05) is 6.54 Å². The van der Waals surface area contributed by atoms with Crippen molar-refractivity contribution in [2.75, 3.05) is 13.2 Å². The van der Waals surface area contributed by atoms with E-state index in [9.17, 15) is 9.59 Å². The van der Waals surface area contributed by atoms with Crippen LogP contribution in [0.15, 0.2) is 42.5 Å². The molecule has 0 spiro atoms. The van der Waals surface area contributed by atoms with Gasteiger partial charge in [-0.2, -0.15) is 0 Å². The lowest BCUT2D eigenvalue weighted by Gasteiger charge is -2.14. The van der Waals surface area contributed by atoms with Gasteiger partial charge in [0.2, 0.25) is 11.8 Å². The van der Waals surface area contributed by atoms with Gasteiger partial charge in [0.25, 0.3) is 0 Å². The summed E-state index contributed by atoms with van der Waals surface area (Å²) in [5, 5.41) is 0. The van der Waals surface area contributed by atoms with Gasteiger partial charge in [-0.25, -0.2) is 0 Å². The van der Waals surface area contributed by atoms with E-state index in [-0.39, 0.29) is 23.7 Å². The number of amides is 2. The standard InChI is InChI=1S/C17H19NO3/c19-16-14-9-4-5-10-15(14)17(20)18(16)11-6-12-21-13-7-2-1-3-8-13/h1-5,7-8,14-15H,6,9-12H2/t14-,15-/m1/s1. The number of rotatable bonds is 5. The van der Waals surface area contributed by atoms with Gasteiger partial charge in [-0.05, 0) is 31.4 Å². The minimum atomic E-state index is -0.127. The van der Waals surface area contributed by atoms with Crippen molar-refractivity contribution in [3.8, 4) is 5.75 Å². The van der Waals surface area contributed by atoms with Gasteiger partial charge in [0.05, 0.1) is 18.4 Å². The topological polar surface area (TPSA) is 46.6 Å². The molecular weight excluding hydrogens is 266 g/mol. The van der Waals surface area contributed by atoms with Crippen LogP contribution in [-0.2, 0) is 9.59 Å². The summed E-state index contributed by atoms with van der Waals surface area (Å²) in [4.78, 5) is 25.9. The van der Waals surface area contributed by atoms with Crippen molar-refractivity contribution in [2.45, 2.75) is 19.3 Å². The van der Waals surface area contributed by atoms with Crippen molar-refractivity contribution in [1.29, 1.82) is 0 Å². The molecule has 1 aromatic carbocycles. The van der Waals surface area contributed by atoms with E-state index in [4.69, 9.17) is 4.74 Å². The highest BCUT2D eigenvalue weighted by Crippen LogP contribution is 2.34. The van der Waals surface area contributed by atoms with Gasteiger partial charge in [0.15, 0.2) is 0 Å². The second kappa shape index (κ2) is 6.12. The molecule has 1 aliphatic heterocycles. The summed E-state index contributed by atoms with van der Waals surface area (Å²) in [6.07, 6.45) is 6.08. The predicted molar refractivity (Wildman–Crippen MR) is 78.6 cm³/mol. The maximum absolute atomic E-state index is 12.2. The monoisotopic (exact) mass is 285 g/mol. The number of fused-ring (bicyclic) bond motifs is 1. The fraction of sp³-hybridized carbons (Fsp3) is 0.412. The van der Waals surface area contributed by atoms with Crippen molar-refractivity contribution in [2.24, 2.45) is 11.8 Å². The van der Waals surface area contributed by atoms with Gasteiger partial charge in [0.1, 0.15) is 5.75 Å². The van der Waals surface area contributed by atoms with Crippen molar-refractivity contribution < 1.29 is 14.3 Å². The molecule has 2 amide bonds. The first-order valence-corrected chi connectivity index (χ1v) is 7.45. The summed E-state index contributed by atoms with van der Waals surface area (Å²) in [5.41, 5.74) is 0. The zero-order valence-corrected chi connectivity index (χ0v) is 11.9. The highest BCUT2D eigenvalue weighted by atomic mass is 16.5. The molecule has 2 aliphatic rings. The van der Waals surface area contributed by atoms with Crippen LogP contribution in [0.5, 0.6) is 5.75 Å². The molecule has 0 unspecified atom stereocenters. The maximum Gasteiger partial charge on any atom is 0.233 e. The number of para-hydroxylation sites is 1. The van der Waals surface area contributed by atoms with Gasteiger partial charge >= 0.3 is 0 Å². The van der Waals surface area contributed by atoms with E-state index in [1.807, 2.05) is 42.5 Å². The number of hydrogen-bond donors (Lipinski definition) is 0. The van der Waals surface area contributed by atoms with Gasteiger partial charge in [-0.15, -0.1) is 0 Å². The van der Waals surface area contributed by atoms with Crippen molar-refractivity contribution >= 4 is 11.8 Å². The fourth-order valence-electron chi connectivity index (χ4n) is 3.02. The molecule has 0 saturated carbocycles. The molecule has 0 aromatic heterocycles. The highest BCUT2D eigenvalue weighted by Gasteiger charge is 2.46. The molecule has 21 heavy (non-hydrogen) atoms. The molecule has 2 atom stereocenters. The first-order chi connectivity index (χ1) is 10.3. The van der Waals surface area contributed by atoms with E-state index >= 15 is 0 Å². The lowest BCUT2D eigenvalue weighted by molar-refractivity contribution is -0.140.